The minimum absolute atomic E-state index is 0.0347. The zero-order valence-corrected chi connectivity index (χ0v) is 25.3. The zero-order chi connectivity index (χ0) is 30.8. The summed E-state index contributed by atoms with van der Waals surface area (Å²) in [7, 11) is 3.05. The number of amides is 3. The number of ether oxygens (including phenoxy) is 2. The first kappa shape index (κ1) is 31.2. The topological polar surface area (TPSA) is 106 Å². The third-order valence-corrected chi connectivity index (χ3v) is 7.69. The molecule has 10 heteroatoms. The fraction of sp³-hybridized carbons (Fsp3) is 0.121. The van der Waals surface area contributed by atoms with E-state index < -0.39 is 11.8 Å². The predicted molar refractivity (Wildman–Crippen MR) is 172 cm³/mol. The van der Waals surface area contributed by atoms with Gasteiger partial charge in [-0.15, -0.1) is 11.8 Å². The molecule has 220 valence electrons. The Kier molecular flexibility index (Phi) is 10.9. The van der Waals surface area contributed by atoms with Crippen LogP contribution in [0.15, 0.2) is 102 Å². The average molecular weight is 616 g/mol. The van der Waals surface area contributed by atoms with Crippen molar-refractivity contribution in [1.82, 2.24) is 5.32 Å². The summed E-state index contributed by atoms with van der Waals surface area (Å²) in [5.41, 5.74) is 3.06. The number of carbonyl (C=O) groups excluding carboxylic acids is 3. The molecule has 4 aromatic carbocycles. The smallest absolute Gasteiger partial charge is 0.272 e. The highest BCUT2D eigenvalue weighted by Gasteiger charge is 2.16. The molecule has 0 aliphatic carbocycles. The Hall–Kier alpha value is -4.73. The third-order valence-electron chi connectivity index (χ3n) is 6.27. The Morgan fingerprint density at radius 1 is 0.837 bits per heavy atom. The molecule has 3 amide bonds. The molecule has 0 atom stereocenters. The van der Waals surface area contributed by atoms with Crippen molar-refractivity contribution < 1.29 is 23.9 Å². The fourth-order valence-corrected chi connectivity index (χ4v) is 4.84. The van der Waals surface area contributed by atoms with Crippen molar-refractivity contribution >= 4 is 58.5 Å². The van der Waals surface area contributed by atoms with Gasteiger partial charge in [-0.1, -0.05) is 41.9 Å². The van der Waals surface area contributed by atoms with E-state index in [1.54, 1.807) is 97.1 Å². The van der Waals surface area contributed by atoms with Gasteiger partial charge < -0.3 is 25.4 Å². The van der Waals surface area contributed by atoms with E-state index in [-0.39, 0.29) is 17.4 Å². The van der Waals surface area contributed by atoms with Gasteiger partial charge in [-0.2, -0.15) is 0 Å². The molecular weight excluding hydrogens is 586 g/mol. The van der Waals surface area contributed by atoms with Crippen molar-refractivity contribution in [3.05, 3.63) is 118 Å². The van der Waals surface area contributed by atoms with Gasteiger partial charge in [0, 0.05) is 26.9 Å². The van der Waals surface area contributed by atoms with Crippen LogP contribution < -0.4 is 25.4 Å². The fourth-order valence-electron chi connectivity index (χ4n) is 3.96. The van der Waals surface area contributed by atoms with Crippen molar-refractivity contribution in [1.29, 1.82) is 0 Å². The largest absolute Gasteiger partial charge is 0.493 e. The number of anilines is 2. The van der Waals surface area contributed by atoms with Crippen LogP contribution in [-0.2, 0) is 9.59 Å². The summed E-state index contributed by atoms with van der Waals surface area (Å²) in [5.74, 6) is 0.105. The lowest BCUT2D eigenvalue weighted by Gasteiger charge is -2.13. The molecule has 0 aliphatic heterocycles. The molecule has 4 aromatic rings. The average Bonchev–Trinajstić information content (AvgIpc) is 3.02. The summed E-state index contributed by atoms with van der Waals surface area (Å²) in [6.45, 7) is 1.85. The number of halogens is 1. The summed E-state index contributed by atoms with van der Waals surface area (Å²) in [6, 6.07) is 26.2. The molecule has 0 radical (unpaired) electrons. The van der Waals surface area contributed by atoms with Crippen molar-refractivity contribution in [2.45, 2.75) is 11.8 Å². The molecule has 0 saturated heterocycles. The molecule has 8 nitrogen and oxygen atoms in total. The second kappa shape index (κ2) is 14.9. The second-order valence-electron chi connectivity index (χ2n) is 9.22. The van der Waals surface area contributed by atoms with E-state index in [1.807, 2.05) is 6.92 Å². The van der Waals surface area contributed by atoms with Gasteiger partial charge in [-0.05, 0) is 84.8 Å². The first-order valence-electron chi connectivity index (χ1n) is 13.2. The lowest BCUT2D eigenvalue weighted by molar-refractivity contribution is -0.114. The maximum Gasteiger partial charge on any atom is 0.272 e. The van der Waals surface area contributed by atoms with Crippen LogP contribution in [0.3, 0.4) is 0 Å². The number of hydrogen-bond donors (Lipinski definition) is 3. The standard InChI is InChI=1S/C33H30ClN3O5S/c1-21-26(34)10-7-11-27(21)36-31(38)20-43-25-15-13-24(14-16-25)35-33(40)28(37-32(39)23-8-5-4-6-9-23)18-22-12-17-29(41-2)30(19-22)42-3/h4-19H,20H2,1-3H3,(H,35,40)(H,36,38)(H,37,39)/b28-18-. The van der Waals surface area contributed by atoms with E-state index in [2.05, 4.69) is 16.0 Å². The lowest BCUT2D eigenvalue weighted by Crippen LogP contribution is -2.30. The maximum absolute atomic E-state index is 13.4. The first-order chi connectivity index (χ1) is 20.8. The van der Waals surface area contributed by atoms with Gasteiger partial charge in [-0.25, -0.2) is 0 Å². The van der Waals surface area contributed by atoms with Gasteiger partial charge in [0.15, 0.2) is 11.5 Å². The zero-order valence-electron chi connectivity index (χ0n) is 23.8. The molecule has 0 fully saturated rings. The van der Waals surface area contributed by atoms with E-state index in [9.17, 15) is 14.4 Å². The Balaban J connectivity index is 1.45. The monoisotopic (exact) mass is 615 g/mol. The number of rotatable bonds is 11. The van der Waals surface area contributed by atoms with Crippen LogP contribution >= 0.6 is 23.4 Å². The van der Waals surface area contributed by atoms with Gasteiger partial charge in [0.2, 0.25) is 5.91 Å². The molecule has 0 heterocycles. The summed E-state index contributed by atoms with van der Waals surface area (Å²) in [6.07, 6.45) is 1.56. The van der Waals surface area contributed by atoms with Crippen LogP contribution in [0.25, 0.3) is 6.08 Å². The summed E-state index contributed by atoms with van der Waals surface area (Å²) >= 11 is 7.49. The van der Waals surface area contributed by atoms with Crippen LogP contribution in [0, 0.1) is 6.92 Å². The number of methoxy groups -OCH3 is 2. The Bertz CT molecular complexity index is 1640. The highest BCUT2D eigenvalue weighted by Crippen LogP contribution is 2.29. The molecular formula is C33H30ClN3O5S. The highest BCUT2D eigenvalue weighted by molar-refractivity contribution is 8.00. The summed E-state index contributed by atoms with van der Waals surface area (Å²) in [5, 5.41) is 9.01. The highest BCUT2D eigenvalue weighted by atomic mass is 35.5. The number of thioether (sulfide) groups is 1. The SMILES string of the molecule is COc1ccc(/C=C(\NC(=O)c2ccccc2)C(=O)Nc2ccc(SCC(=O)Nc3cccc(Cl)c3C)cc2)cc1OC. The molecule has 3 N–H and O–H groups in total. The third kappa shape index (κ3) is 8.64. The van der Waals surface area contributed by atoms with Crippen molar-refractivity contribution in [2.24, 2.45) is 0 Å². The summed E-state index contributed by atoms with van der Waals surface area (Å²) in [4.78, 5) is 39.6. The Morgan fingerprint density at radius 2 is 1.56 bits per heavy atom. The Labute approximate surface area is 259 Å². The predicted octanol–water partition coefficient (Wildman–Crippen LogP) is 6.81. The quantitative estimate of drug-likeness (QED) is 0.126. The van der Waals surface area contributed by atoms with Gasteiger partial charge in [0.1, 0.15) is 5.70 Å². The lowest BCUT2D eigenvalue weighted by atomic mass is 10.1. The maximum atomic E-state index is 13.4. The molecule has 43 heavy (non-hydrogen) atoms. The molecule has 4 rings (SSSR count). The van der Waals surface area contributed by atoms with Gasteiger partial charge in [-0.3, -0.25) is 14.4 Å². The number of carbonyl (C=O) groups is 3. The van der Waals surface area contributed by atoms with E-state index in [1.165, 1.54) is 26.0 Å². The van der Waals surface area contributed by atoms with E-state index >= 15 is 0 Å². The molecule has 0 aromatic heterocycles. The van der Waals surface area contributed by atoms with E-state index in [0.29, 0.717) is 39.0 Å². The number of hydrogen-bond acceptors (Lipinski definition) is 6. The first-order valence-corrected chi connectivity index (χ1v) is 14.5. The normalized spacial score (nSPS) is 10.9. The number of benzene rings is 4. The van der Waals surface area contributed by atoms with Crippen molar-refractivity contribution in [3.8, 4) is 11.5 Å². The second-order valence-corrected chi connectivity index (χ2v) is 10.7. The summed E-state index contributed by atoms with van der Waals surface area (Å²) < 4.78 is 10.7. The van der Waals surface area contributed by atoms with Crippen LogP contribution in [0.1, 0.15) is 21.5 Å². The van der Waals surface area contributed by atoms with Crippen LogP contribution in [0.5, 0.6) is 11.5 Å². The molecule has 0 aliphatic rings. The van der Waals surface area contributed by atoms with Crippen LogP contribution in [0.4, 0.5) is 11.4 Å². The number of nitrogens with one attached hydrogen (secondary N) is 3. The minimum Gasteiger partial charge on any atom is -0.493 e. The van der Waals surface area contributed by atoms with Gasteiger partial charge >= 0.3 is 0 Å². The van der Waals surface area contributed by atoms with E-state index in [0.717, 1.165) is 10.5 Å². The van der Waals surface area contributed by atoms with E-state index in [4.69, 9.17) is 21.1 Å². The minimum atomic E-state index is -0.518. The van der Waals surface area contributed by atoms with Gasteiger partial charge in [0.25, 0.3) is 11.8 Å². The molecule has 0 saturated carbocycles. The Morgan fingerprint density at radius 3 is 2.26 bits per heavy atom. The molecule has 0 unspecified atom stereocenters. The van der Waals surface area contributed by atoms with Crippen LogP contribution in [0.2, 0.25) is 5.02 Å². The molecule has 0 spiro atoms. The van der Waals surface area contributed by atoms with Crippen LogP contribution in [-0.4, -0.2) is 37.7 Å². The molecule has 0 bridgehead atoms. The van der Waals surface area contributed by atoms with Gasteiger partial charge in [0.05, 0.1) is 20.0 Å². The van der Waals surface area contributed by atoms with Crippen molar-refractivity contribution in [3.63, 3.8) is 0 Å². The van der Waals surface area contributed by atoms with Crippen molar-refractivity contribution in [2.75, 3.05) is 30.6 Å².